The Morgan fingerprint density at radius 1 is 1.42 bits per heavy atom. The zero-order chi connectivity index (χ0) is 17.4. The third-order valence-corrected chi connectivity index (χ3v) is 6.66. The van der Waals surface area contributed by atoms with Crippen molar-refractivity contribution in [1.29, 1.82) is 0 Å². The van der Waals surface area contributed by atoms with Crippen LogP contribution < -0.4 is 5.32 Å². The largest absolute Gasteiger partial charge is 0.453 e. The van der Waals surface area contributed by atoms with Gasteiger partial charge in [-0.15, -0.1) is 0 Å². The van der Waals surface area contributed by atoms with Crippen molar-refractivity contribution in [3.05, 3.63) is 30.1 Å². The maximum absolute atomic E-state index is 13.1. The van der Waals surface area contributed by atoms with Crippen LogP contribution in [0.5, 0.6) is 0 Å². The minimum Gasteiger partial charge on any atom is -0.453 e. The molecule has 0 aromatic heterocycles. The predicted octanol–water partition coefficient (Wildman–Crippen LogP) is 4.41. The van der Waals surface area contributed by atoms with E-state index >= 15 is 0 Å². The lowest BCUT2D eigenvalue weighted by molar-refractivity contribution is -0.153. The monoisotopic (exact) mass is 371 g/mol. The number of anilines is 1. The van der Waals surface area contributed by atoms with Gasteiger partial charge in [-0.1, -0.05) is 34.1 Å². The Kier molecular flexibility index (Phi) is 7.91. The Balaban J connectivity index is 1.63. The summed E-state index contributed by atoms with van der Waals surface area (Å²) in [5, 5.41) is 3.24. The first kappa shape index (κ1) is 19.1. The molecule has 1 heterocycles. The third-order valence-electron chi connectivity index (χ3n) is 3.65. The number of carbonyl (C=O) groups is 2. The molecule has 7 heteroatoms. The second-order valence-corrected chi connectivity index (χ2v) is 8.49. The molecule has 4 nitrogen and oxygen atoms in total. The van der Waals surface area contributed by atoms with E-state index in [0.717, 1.165) is 19.3 Å². The van der Waals surface area contributed by atoms with E-state index in [1.165, 1.54) is 37.3 Å². The molecule has 0 bridgehead atoms. The summed E-state index contributed by atoms with van der Waals surface area (Å²) >= 11 is 0. The fraction of sp³-hybridized carbons (Fsp3) is 0.529. The molecule has 1 aliphatic heterocycles. The minimum absolute atomic E-state index is 0.322. The highest BCUT2D eigenvalue weighted by Gasteiger charge is 2.19. The van der Waals surface area contributed by atoms with Crippen molar-refractivity contribution in [2.45, 2.75) is 50.4 Å². The standard InChI is InChI=1S/C17H22FNO3S2/c1-12(17(21)19-14-6-4-5-13(18)11-14)22-16(20)8-3-2-7-15-9-10-23-24-15/h4-6,11-12,15H,2-3,7-10H2,1H3,(H,19,21)/t12-,15-/m0/s1. The van der Waals surface area contributed by atoms with Crippen molar-refractivity contribution in [2.75, 3.05) is 11.1 Å². The molecule has 1 saturated heterocycles. The molecular formula is C17H22FNO3S2. The van der Waals surface area contributed by atoms with Gasteiger partial charge in [0.05, 0.1) is 0 Å². The fourth-order valence-electron chi connectivity index (χ4n) is 2.33. The van der Waals surface area contributed by atoms with E-state index in [0.29, 0.717) is 17.4 Å². The summed E-state index contributed by atoms with van der Waals surface area (Å²) in [7, 11) is 3.86. The molecule has 132 valence electrons. The molecular weight excluding hydrogens is 349 g/mol. The van der Waals surface area contributed by atoms with Crippen molar-refractivity contribution in [3.63, 3.8) is 0 Å². The van der Waals surface area contributed by atoms with Crippen molar-refractivity contribution >= 4 is 39.2 Å². The Bertz CT molecular complexity index is 565. The molecule has 0 radical (unpaired) electrons. The van der Waals surface area contributed by atoms with Crippen LogP contribution in [0.15, 0.2) is 24.3 Å². The van der Waals surface area contributed by atoms with Crippen LogP contribution in [0.1, 0.15) is 39.0 Å². The Labute approximate surface area is 149 Å². The Hall–Kier alpha value is -1.21. The van der Waals surface area contributed by atoms with Crippen LogP contribution in [0.3, 0.4) is 0 Å². The van der Waals surface area contributed by atoms with Crippen LogP contribution in [0.4, 0.5) is 10.1 Å². The van der Waals surface area contributed by atoms with Gasteiger partial charge in [0, 0.05) is 23.1 Å². The van der Waals surface area contributed by atoms with Gasteiger partial charge in [-0.3, -0.25) is 9.59 Å². The van der Waals surface area contributed by atoms with Crippen LogP contribution in [0, 0.1) is 5.82 Å². The Morgan fingerprint density at radius 2 is 2.25 bits per heavy atom. The Morgan fingerprint density at radius 3 is 2.96 bits per heavy atom. The van der Waals surface area contributed by atoms with E-state index in [9.17, 15) is 14.0 Å². The van der Waals surface area contributed by atoms with Gasteiger partial charge in [-0.25, -0.2) is 4.39 Å². The lowest BCUT2D eigenvalue weighted by Crippen LogP contribution is -2.29. The molecule has 0 unspecified atom stereocenters. The second-order valence-electron chi connectivity index (χ2n) is 5.71. The van der Waals surface area contributed by atoms with E-state index in [1.807, 2.05) is 21.6 Å². The molecule has 1 amide bonds. The fourth-order valence-corrected chi connectivity index (χ4v) is 5.35. The maximum atomic E-state index is 13.1. The first-order valence-electron chi connectivity index (χ1n) is 8.09. The van der Waals surface area contributed by atoms with E-state index in [1.54, 1.807) is 6.07 Å². The summed E-state index contributed by atoms with van der Waals surface area (Å²) in [5.41, 5.74) is 0.342. The average Bonchev–Trinajstić information content (AvgIpc) is 3.05. The van der Waals surface area contributed by atoms with Gasteiger partial charge < -0.3 is 10.1 Å². The van der Waals surface area contributed by atoms with Gasteiger partial charge in [0.2, 0.25) is 0 Å². The number of amides is 1. The van der Waals surface area contributed by atoms with Crippen LogP contribution >= 0.6 is 21.6 Å². The molecule has 0 aliphatic carbocycles. The van der Waals surface area contributed by atoms with Crippen LogP contribution in [-0.2, 0) is 14.3 Å². The smallest absolute Gasteiger partial charge is 0.306 e. The summed E-state index contributed by atoms with van der Waals surface area (Å²) in [5.74, 6) is -0.0510. The SMILES string of the molecule is C[C@H](OC(=O)CCCC[C@H]1CCSS1)C(=O)Nc1cccc(F)c1. The first-order chi connectivity index (χ1) is 11.5. The molecule has 1 fully saturated rings. The van der Waals surface area contributed by atoms with Gasteiger partial charge in [-0.2, -0.15) is 0 Å². The lowest BCUT2D eigenvalue weighted by atomic mass is 10.1. The van der Waals surface area contributed by atoms with Crippen LogP contribution in [0.2, 0.25) is 0 Å². The van der Waals surface area contributed by atoms with Gasteiger partial charge >= 0.3 is 5.97 Å². The molecule has 1 aliphatic rings. The predicted molar refractivity (Wildman–Crippen MR) is 97.5 cm³/mol. The van der Waals surface area contributed by atoms with Crippen molar-refractivity contribution in [1.82, 2.24) is 0 Å². The van der Waals surface area contributed by atoms with Crippen LogP contribution in [-0.4, -0.2) is 29.0 Å². The number of unbranched alkanes of at least 4 members (excludes halogenated alkanes) is 1. The lowest BCUT2D eigenvalue weighted by Gasteiger charge is -2.14. The van der Waals surface area contributed by atoms with E-state index in [4.69, 9.17) is 4.74 Å². The van der Waals surface area contributed by atoms with Crippen molar-refractivity contribution in [2.24, 2.45) is 0 Å². The number of carbonyl (C=O) groups excluding carboxylic acids is 2. The second kappa shape index (κ2) is 9.93. The zero-order valence-corrected chi connectivity index (χ0v) is 15.3. The number of ether oxygens (including phenoxy) is 1. The summed E-state index contributed by atoms with van der Waals surface area (Å²) in [4.78, 5) is 23.7. The average molecular weight is 371 g/mol. The maximum Gasteiger partial charge on any atom is 0.306 e. The normalized spacial score (nSPS) is 18.2. The van der Waals surface area contributed by atoms with Crippen molar-refractivity contribution < 1.29 is 18.7 Å². The molecule has 1 aromatic carbocycles. The highest BCUT2D eigenvalue weighted by atomic mass is 33.1. The molecule has 2 atom stereocenters. The summed E-state index contributed by atoms with van der Waals surface area (Å²) in [6, 6.07) is 5.59. The summed E-state index contributed by atoms with van der Waals surface area (Å²) in [6.07, 6.45) is 3.57. The van der Waals surface area contributed by atoms with Gasteiger partial charge in [0.25, 0.3) is 5.91 Å². The molecule has 2 rings (SSSR count). The number of hydrogen-bond acceptors (Lipinski definition) is 5. The van der Waals surface area contributed by atoms with Crippen LogP contribution in [0.25, 0.3) is 0 Å². The number of halogens is 1. The van der Waals surface area contributed by atoms with Gasteiger partial charge in [-0.05, 0) is 44.4 Å². The van der Waals surface area contributed by atoms with E-state index in [2.05, 4.69) is 5.32 Å². The van der Waals surface area contributed by atoms with Gasteiger partial charge in [0.15, 0.2) is 6.10 Å². The first-order valence-corrected chi connectivity index (χ1v) is 10.5. The number of esters is 1. The van der Waals surface area contributed by atoms with Crippen molar-refractivity contribution in [3.8, 4) is 0 Å². The summed E-state index contributed by atoms with van der Waals surface area (Å²) < 4.78 is 18.2. The molecule has 1 N–H and O–H groups in total. The number of hydrogen-bond donors (Lipinski definition) is 1. The third kappa shape index (κ3) is 6.73. The number of benzene rings is 1. The number of nitrogens with one attached hydrogen (secondary N) is 1. The van der Waals surface area contributed by atoms with Gasteiger partial charge in [0.1, 0.15) is 5.82 Å². The highest BCUT2D eigenvalue weighted by Crippen LogP contribution is 2.39. The zero-order valence-electron chi connectivity index (χ0n) is 13.6. The van der Waals surface area contributed by atoms with E-state index in [-0.39, 0.29) is 5.97 Å². The molecule has 24 heavy (non-hydrogen) atoms. The highest BCUT2D eigenvalue weighted by molar-refractivity contribution is 8.77. The molecule has 1 aromatic rings. The number of rotatable bonds is 8. The van der Waals surface area contributed by atoms with E-state index < -0.39 is 17.8 Å². The quantitative estimate of drug-likeness (QED) is 0.417. The topological polar surface area (TPSA) is 55.4 Å². The molecule has 0 spiro atoms. The molecule has 0 saturated carbocycles. The minimum atomic E-state index is -0.900. The summed E-state index contributed by atoms with van der Waals surface area (Å²) in [6.45, 7) is 1.51.